The van der Waals surface area contributed by atoms with Crippen LogP contribution < -0.4 is 5.32 Å². The van der Waals surface area contributed by atoms with Gasteiger partial charge in [-0.1, -0.05) is 24.4 Å². The second-order valence-corrected chi connectivity index (χ2v) is 5.17. The maximum atomic E-state index is 13.1. The number of halogens is 2. The first-order valence-electron chi connectivity index (χ1n) is 6.43. The van der Waals surface area contributed by atoms with E-state index in [1.54, 1.807) is 6.07 Å². The van der Waals surface area contributed by atoms with Gasteiger partial charge in [0.15, 0.2) is 0 Å². The summed E-state index contributed by atoms with van der Waals surface area (Å²) < 4.78 is 19.0. The molecule has 0 aromatic heterocycles. The van der Waals surface area contributed by atoms with Gasteiger partial charge >= 0.3 is 0 Å². The van der Waals surface area contributed by atoms with Crippen molar-refractivity contribution in [3.63, 3.8) is 0 Å². The Morgan fingerprint density at radius 1 is 1.39 bits per heavy atom. The molecule has 0 aliphatic heterocycles. The Morgan fingerprint density at radius 2 is 2.17 bits per heavy atom. The molecule has 18 heavy (non-hydrogen) atoms. The summed E-state index contributed by atoms with van der Waals surface area (Å²) in [5.74, 6) is -0.271. The first-order chi connectivity index (χ1) is 8.70. The van der Waals surface area contributed by atoms with E-state index < -0.39 is 0 Å². The summed E-state index contributed by atoms with van der Waals surface area (Å²) in [6, 6.07) is 4.78. The molecule has 1 aromatic carbocycles. The lowest BCUT2D eigenvalue weighted by Crippen LogP contribution is -2.41. The fourth-order valence-corrected chi connectivity index (χ4v) is 2.65. The Kier molecular flexibility index (Phi) is 4.98. The van der Waals surface area contributed by atoms with Crippen molar-refractivity contribution in [3.8, 4) is 0 Å². The maximum Gasteiger partial charge on any atom is 0.123 e. The summed E-state index contributed by atoms with van der Waals surface area (Å²) in [6.07, 6.45) is 4.82. The highest BCUT2D eigenvalue weighted by molar-refractivity contribution is 6.31. The molecule has 2 unspecified atom stereocenters. The van der Waals surface area contributed by atoms with E-state index in [-0.39, 0.29) is 11.9 Å². The van der Waals surface area contributed by atoms with Crippen LogP contribution in [0.4, 0.5) is 4.39 Å². The fourth-order valence-electron chi connectivity index (χ4n) is 2.48. The predicted molar refractivity (Wildman–Crippen MR) is 71.3 cm³/mol. The highest BCUT2D eigenvalue weighted by Gasteiger charge is 2.24. The van der Waals surface area contributed by atoms with E-state index in [0.717, 1.165) is 18.4 Å². The Labute approximate surface area is 112 Å². The molecular weight excluding hydrogens is 253 g/mol. The lowest BCUT2D eigenvalue weighted by Gasteiger charge is -2.31. The summed E-state index contributed by atoms with van der Waals surface area (Å²) in [7, 11) is 1.96. The Balaban J connectivity index is 1.95. The van der Waals surface area contributed by atoms with E-state index in [0.29, 0.717) is 17.7 Å². The third-order valence-corrected chi connectivity index (χ3v) is 3.90. The van der Waals surface area contributed by atoms with Gasteiger partial charge in [0, 0.05) is 11.1 Å². The first-order valence-corrected chi connectivity index (χ1v) is 6.81. The lowest BCUT2D eigenvalue weighted by atomic mass is 9.92. The monoisotopic (exact) mass is 271 g/mol. The van der Waals surface area contributed by atoms with E-state index in [2.05, 4.69) is 5.32 Å². The van der Waals surface area contributed by atoms with Gasteiger partial charge < -0.3 is 10.1 Å². The first kappa shape index (κ1) is 13.8. The van der Waals surface area contributed by atoms with Gasteiger partial charge in [0.1, 0.15) is 5.82 Å². The molecule has 0 bridgehead atoms. The molecule has 1 aromatic rings. The zero-order chi connectivity index (χ0) is 13.0. The van der Waals surface area contributed by atoms with Crippen molar-refractivity contribution in [3.05, 3.63) is 34.6 Å². The largest absolute Gasteiger partial charge is 0.372 e. The van der Waals surface area contributed by atoms with Gasteiger partial charge in [0.25, 0.3) is 0 Å². The summed E-state index contributed by atoms with van der Waals surface area (Å²) in [4.78, 5) is 0. The summed E-state index contributed by atoms with van der Waals surface area (Å²) >= 11 is 6.02. The highest BCUT2D eigenvalue weighted by Crippen LogP contribution is 2.24. The van der Waals surface area contributed by atoms with Crippen molar-refractivity contribution in [2.24, 2.45) is 0 Å². The van der Waals surface area contributed by atoms with Crippen molar-refractivity contribution in [2.75, 3.05) is 7.05 Å². The number of ether oxygens (including phenoxy) is 1. The van der Waals surface area contributed by atoms with Gasteiger partial charge in [-0.05, 0) is 43.7 Å². The molecule has 1 saturated carbocycles. The van der Waals surface area contributed by atoms with Crippen molar-refractivity contribution in [1.29, 1.82) is 0 Å². The van der Waals surface area contributed by atoms with E-state index >= 15 is 0 Å². The number of nitrogens with one attached hydrogen (secondary N) is 1. The van der Waals surface area contributed by atoms with Crippen LogP contribution in [0.15, 0.2) is 18.2 Å². The van der Waals surface area contributed by atoms with E-state index in [4.69, 9.17) is 16.3 Å². The second kappa shape index (κ2) is 6.50. The number of likely N-dealkylation sites (N-methyl/N-ethyl adjacent to an activating group) is 1. The van der Waals surface area contributed by atoms with Crippen LogP contribution >= 0.6 is 11.6 Å². The third-order valence-electron chi connectivity index (χ3n) is 3.53. The standard InChI is InChI=1S/C14H19ClFNO/c1-17-13-4-2-3-5-14(13)18-9-10-8-11(16)6-7-12(10)15/h6-8,13-14,17H,2-5,9H2,1H3. The molecule has 1 aliphatic rings. The van der Waals surface area contributed by atoms with Gasteiger partial charge in [-0.15, -0.1) is 0 Å². The molecular formula is C14H19ClFNO. The topological polar surface area (TPSA) is 21.3 Å². The van der Waals surface area contributed by atoms with Gasteiger partial charge in [0.2, 0.25) is 0 Å². The van der Waals surface area contributed by atoms with Crippen LogP contribution in [0.5, 0.6) is 0 Å². The molecule has 100 valence electrons. The van der Waals surface area contributed by atoms with E-state index in [1.165, 1.54) is 25.0 Å². The molecule has 1 aliphatic carbocycles. The van der Waals surface area contributed by atoms with Crippen LogP contribution in [0.1, 0.15) is 31.2 Å². The minimum Gasteiger partial charge on any atom is -0.372 e. The summed E-state index contributed by atoms with van der Waals surface area (Å²) in [5, 5.41) is 3.85. The molecule has 0 heterocycles. The average Bonchev–Trinajstić information content (AvgIpc) is 2.40. The Hall–Kier alpha value is -0.640. The Morgan fingerprint density at radius 3 is 2.94 bits per heavy atom. The minimum absolute atomic E-state index is 0.197. The van der Waals surface area contributed by atoms with Gasteiger partial charge in [-0.3, -0.25) is 0 Å². The normalized spacial score (nSPS) is 24.2. The summed E-state index contributed by atoms with van der Waals surface area (Å²) in [6.45, 7) is 0.374. The van der Waals surface area contributed by atoms with Crippen LogP contribution in [0, 0.1) is 5.82 Å². The molecule has 2 atom stereocenters. The third kappa shape index (κ3) is 3.44. The number of benzene rings is 1. The van der Waals surface area contributed by atoms with E-state index in [1.807, 2.05) is 7.05 Å². The van der Waals surface area contributed by atoms with Crippen LogP contribution in [-0.2, 0) is 11.3 Å². The minimum atomic E-state index is -0.271. The van der Waals surface area contributed by atoms with Crippen molar-refractivity contribution in [1.82, 2.24) is 5.32 Å². The molecule has 0 amide bonds. The van der Waals surface area contributed by atoms with Gasteiger partial charge in [0.05, 0.1) is 12.7 Å². The van der Waals surface area contributed by atoms with Crippen LogP contribution in [0.3, 0.4) is 0 Å². The highest BCUT2D eigenvalue weighted by atomic mass is 35.5. The molecule has 1 fully saturated rings. The lowest BCUT2D eigenvalue weighted by molar-refractivity contribution is -0.00366. The second-order valence-electron chi connectivity index (χ2n) is 4.76. The van der Waals surface area contributed by atoms with Crippen LogP contribution in [0.2, 0.25) is 5.02 Å². The van der Waals surface area contributed by atoms with Crippen molar-refractivity contribution >= 4 is 11.6 Å². The predicted octanol–water partition coefficient (Wildman–Crippen LogP) is 3.53. The zero-order valence-electron chi connectivity index (χ0n) is 10.6. The number of hydrogen-bond donors (Lipinski definition) is 1. The quantitative estimate of drug-likeness (QED) is 0.905. The van der Waals surface area contributed by atoms with Crippen LogP contribution in [-0.4, -0.2) is 19.2 Å². The molecule has 1 N–H and O–H groups in total. The van der Waals surface area contributed by atoms with Crippen molar-refractivity contribution < 1.29 is 9.13 Å². The SMILES string of the molecule is CNC1CCCCC1OCc1cc(F)ccc1Cl. The van der Waals surface area contributed by atoms with Gasteiger partial charge in [-0.25, -0.2) is 4.39 Å². The Bertz CT molecular complexity index is 399. The van der Waals surface area contributed by atoms with Crippen LogP contribution in [0.25, 0.3) is 0 Å². The molecule has 2 rings (SSSR count). The molecule has 2 nitrogen and oxygen atoms in total. The molecule has 0 saturated heterocycles. The fraction of sp³-hybridized carbons (Fsp3) is 0.571. The molecule has 0 radical (unpaired) electrons. The molecule has 4 heteroatoms. The van der Waals surface area contributed by atoms with Crippen molar-refractivity contribution in [2.45, 2.75) is 44.4 Å². The number of rotatable bonds is 4. The molecule has 0 spiro atoms. The average molecular weight is 272 g/mol. The van der Waals surface area contributed by atoms with E-state index in [9.17, 15) is 4.39 Å². The number of hydrogen-bond acceptors (Lipinski definition) is 2. The zero-order valence-corrected chi connectivity index (χ0v) is 11.3. The smallest absolute Gasteiger partial charge is 0.123 e. The maximum absolute atomic E-state index is 13.1. The van der Waals surface area contributed by atoms with Gasteiger partial charge in [-0.2, -0.15) is 0 Å². The summed E-state index contributed by atoms with van der Waals surface area (Å²) in [5.41, 5.74) is 0.720.